The first kappa shape index (κ1) is 15.9. The van der Waals surface area contributed by atoms with E-state index < -0.39 is 0 Å². The summed E-state index contributed by atoms with van der Waals surface area (Å²) in [4.78, 5) is 12.6. The van der Waals surface area contributed by atoms with Gasteiger partial charge in [0.15, 0.2) is 0 Å². The summed E-state index contributed by atoms with van der Waals surface area (Å²) in [5, 5.41) is 4.36. The van der Waals surface area contributed by atoms with E-state index in [0.29, 0.717) is 6.54 Å². The summed E-state index contributed by atoms with van der Waals surface area (Å²) in [6.07, 6.45) is 5.67. The van der Waals surface area contributed by atoms with Crippen LogP contribution in [0.5, 0.6) is 0 Å². The van der Waals surface area contributed by atoms with E-state index in [-0.39, 0.29) is 5.91 Å². The van der Waals surface area contributed by atoms with Gasteiger partial charge in [0.1, 0.15) is 6.54 Å². The average molecular weight is 332 g/mol. The van der Waals surface area contributed by atoms with Gasteiger partial charge in [-0.05, 0) is 61.4 Å². The van der Waals surface area contributed by atoms with E-state index in [1.165, 1.54) is 40.6 Å². The topological polar surface area (TPSA) is 34.0 Å². The molecule has 3 aromatic rings. The summed E-state index contributed by atoms with van der Waals surface area (Å²) in [6.45, 7) is 2.51. The van der Waals surface area contributed by atoms with E-state index in [0.717, 1.165) is 24.9 Å². The van der Waals surface area contributed by atoms with Crippen molar-refractivity contribution in [2.24, 2.45) is 0 Å². The van der Waals surface area contributed by atoms with Gasteiger partial charge in [-0.2, -0.15) is 0 Å². The largest absolute Gasteiger partial charge is 0.335 e. The van der Waals surface area contributed by atoms with Gasteiger partial charge in [-0.25, -0.2) is 0 Å². The highest BCUT2D eigenvalue weighted by atomic mass is 16.1. The monoisotopic (exact) mass is 332 g/mol. The summed E-state index contributed by atoms with van der Waals surface area (Å²) >= 11 is 0. The average Bonchev–Trinajstić information content (AvgIpc) is 2.97. The van der Waals surface area contributed by atoms with Gasteiger partial charge in [-0.15, -0.1) is 0 Å². The van der Waals surface area contributed by atoms with Crippen molar-refractivity contribution in [3.63, 3.8) is 0 Å². The number of nitrogens with one attached hydrogen (secondary N) is 1. The first-order chi connectivity index (χ1) is 12.3. The molecule has 3 heteroatoms. The van der Waals surface area contributed by atoms with Crippen LogP contribution >= 0.6 is 0 Å². The molecule has 25 heavy (non-hydrogen) atoms. The summed E-state index contributed by atoms with van der Waals surface area (Å²) in [7, 11) is 0. The van der Waals surface area contributed by atoms with E-state index >= 15 is 0 Å². The molecule has 0 atom stereocenters. The van der Waals surface area contributed by atoms with Gasteiger partial charge in [-0.3, -0.25) is 4.79 Å². The van der Waals surface area contributed by atoms with Crippen molar-refractivity contribution in [1.82, 2.24) is 4.57 Å². The number of anilines is 1. The Morgan fingerprint density at radius 1 is 1.04 bits per heavy atom. The summed E-state index contributed by atoms with van der Waals surface area (Å²) in [5.74, 6) is 0.0402. The van der Waals surface area contributed by atoms with Gasteiger partial charge in [-0.1, -0.05) is 37.3 Å². The van der Waals surface area contributed by atoms with Crippen LogP contribution < -0.4 is 5.32 Å². The predicted octanol–water partition coefficient (Wildman–Crippen LogP) is 4.72. The molecule has 0 radical (unpaired) electrons. The lowest BCUT2D eigenvalue weighted by atomic mass is 9.96. The summed E-state index contributed by atoms with van der Waals surface area (Å²) in [6, 6.07) is 16.6. The molecule has 0 unspecified atom stereocenters. The van der Waals surface area contributed by atoms with Crippen LogP contribution in [0.3, 0.4) is 0 Å². The van der Waals surface area contributed by atoms with E-state index in [1.807, 2.05) is 12.1 Å². The molecule has 1 aliphatic rings. The highest BCUT2D eigenvalue weighted by molar-refractivity contribution is 5.93. The number of para-hydroxylation sites is 1. The van der Waals surface area contributed by atoms with Crippen LogP contribution in [0.4, 0.5) is 5.69 Å². The molecule has 1 aromatic heterocycles. The second-order valence-electron chi connectivity index (χ2n) is 6.83. The molecule has 2 aromatic carbocycles. The van der Waals surface area contributed by atoms with Crippen molar-refractivity contribution in [3.8, 4) is 0 Å². The van der Waals surface area contributed by atoms with Gasteiger partial charge in [0.05, 0.1) is 0 Å². The number of carbonyl (C=O) groups excluding carboxylic acids is 1. The Labute approximate surface area is 148 Å². The van der Waals surface area contributed by atoms with Gasteiger partial charge in [0, 0.05) is 22.3 Å². The van der Waals surface area contributed by atoms with Gasteiger partial charge in [0.2, 0.25) is 5.91 Å². The van der Waals surface area contributed by atoms with Crippen molar-refractivity contribution in [3.05, 3.63) is 65.4 Å². The van der Waals surface area contributed by atoms with Crippen LogP contribution in [0, 0.1) is 0 Å². The minimum atomic E-state index is 0.0402. The highest BCUT2D eigenvalue weighted by Crippen LogP contribution is 2.32. The molecule has 3 nitrogen and oxygen atoms in total. The molecule has 0 aliphatic heterocycles. The molecule has 0 fully saturated rings. The number of fused-ring (bicyclic) bond motifs is 3. The van der Waals surface area contributed by atoms with Crippen LogP contribution in [0.2, 0.25) is 0 Å². The molecular formula is C22H24N2O. The maximum Gasteiger partial charge on any atom is 0.244 e. The van der Waals surface area contributed by atoms with E-state index in [4.69, 9.17) is 0 Å². The quantitative estimate of drug-likeness (QED) is 0.737. The van der Waals surface area contributed by atoms with E-state index in [9.17, 15) is 4.79 Å². The second-order valence-corrected chi connectivity index (χ2v) is 6.83. The molecule has 4 rings (SSSR count). The lowest BCUT2D eigenvalue weighted by molar-refractivity contribution is -0.116. The van der Waals surface area contributed by atoms with Crippen LogP contribution in [0.1, 0.15) is 36.6 Å². The second kappa shape index (κ2) is 6.75. The number of nitrogens with zero attached hydrogens (tertiary/aromatic N) is 1. The number of benzene rings is 2. The molecule has 1 aliphatic carbocycles. The van der Waals surface area contributed by atoms with Gasteiger partial charge in [0.25, 0.3) is 0 Å². The third-order valence-electron chi connectivity index (χ3n) is 5.23. The third kappa shape index (κ3) is 3.07. The molecule has 1 N–H and O–H groups in total. The Morgan fingerprint density at radius 3 is 2.60 bits per heavy atom. The van der Waals surface area contributed by atoms with Crippen molar-refractivity contribution < 1.29 is 4.79 Å². The number of hydrogen-bond acceptors (Lipinski definition) is 1. The fraction of sp³-hybridized carbons (Fsp3) is 0.318. The van der Waals surface area contributed by atoms with Gasteiger partial charge < -0.3 is 9.88 Å². The third-order valence-corrected chi connectivity index (χ3v) is 5.23. The van der Waals surface area contributed by atoms with Crippen LogP contribution in [-0.4, -0.2) is 10.5 Å². The summed E-state index contributed by atoms with van der Waals surface area (Å²) in [5.41, 5.74) is 6.13. The van der Waals surface area contributed by atoms with Gasteiger partial charge >= 0.3 is 0 Å². The smallest absolute Gasteiger partial charge is 0.244 e. The zero-order valence-electron chi connectivity index (χ0n) is 14.7. The molecule has 0 bridgehead atoms. The van der Waals surface area contributed by atoms with Crippen LogP contribution in [0.15, 0.2) is 48.5 Å². The SMILES string of the molecule is CCc1ccc(NC(=O)Cn2c3c(c4ccccc42)CCCC3)cc1. The minimum absolute atomic E-state index is 0.0402. The molecule has 0 spiro atoms. The number of rotatable bonds is 4. The van der Waals surface area contributed by atoms with Crippen molar-refractivity contribution >= 4 is 22.5 Å². The van der Waals surface area contributed by atoms with Crippen LogP contribution in [0.25, 0.3) is 10.9 Å². The molecule has 1 amide bonds. The van der Waals surface area contributed by atoms with Crippen molar-refractivity contribution in [2.45, 2.75) is 45.6 Å². The number of carbonyl (C=O) groups is 1. The maximum absolute atomic E-state index is 12.6. The van der Waals surface area contributed by atoms with Crippen molar-refractivity contribution in [2.75, 3.05) is 5.32 Å². The first-order valence-corrected chi connectivity index (χ1v) is 9.24. The molecule has 1 heterocycles. The molecule has 0 saturated heterocycles. The Hall–Kier alpha value is -2.55. The number of amides is 1. The number of aryl methyl sites for hydroxylation is 2. The lowest BCUT2D eigenvalue weighted by Crippen LogP contribution is -2.20. The van der Waals surface area contributed by atoms with Crippen LogP contribution in [-0.2, 0) is 30.6 Å². The molecule has 0 saturated carbocycles. The highest BCUT2D eigenvalue weighted by Gasteiger charge is 2.20. The normalized spacial score (nSPS) is 13.6. The standard InChI is InChI=1S/C22H24N2O/c1-2-16-11-13-17(14-12-16)23-22(25)15-24-20-9-5-3-7-18(20)19-8-4-6-10-21(19)24/h3,5,7,9,11-14H,2,4,6,8,10,15H2,1H3,(H,23,25). The minimum Gasteiger partial charge on any atom is -0.335 e. The van der Waals surface area contributed by atoms with Crippen molar-refractivity contribution in [1.29, 1.82) is 0 Å². The Kier molecular flexibility index (Phi) is 4.31. The zero-order chi connectivity index (χ0) is 17.2. The Bertz CT molecular complexity index is 906. The molecule has 128 valence electrons. The fourth-order valence-electron chi connectivity index (χ4n) is 3.94. The fourth-order valence-corrected chi connectivity index (χ4v) is 3.94. The maximum atomic E-state index is 12.6. The Morgan fingerprint density at radius 2 is 1.80 bits per heavy atom. The number of hydrogen-bond donors (Lipinski definition) is 1. The predicted molar refractivity (Wildman–Crippen MR) is 103 cm³/mol. The molecular weight excluding hydrogens is 308 g/mol. The lowest BCUT2D eigenvalue weighted by Gasteiger charge is -2.16. The number of aromatic nitrogens is 1. The van der Waals surface area contributed by atoms with E-state index in [1.54, 1.807) is 0 Å². The summed E-state index contributed by atoms with van der Waals surface area (Å²) < 4.78 is 2.22. The Balaban J connectivity index is 1.60. The zero-order valence-corrected chi connectivity index (χ0v) is 14.7. The van der Waals surface area contributed by atoms with E-state index in [2.05, 4.69) is 53.2 Å². The first-order valence-electron chi connectivity index (χ1n) is 9.24.